The summed E-state index contributed by atoms with van der Waals surface area (Å²) in [5.41, 5.74) is 0.355. The zero-order chi connectivity index (χ0) is 22.8. The molecule has 9 nitrogen and oxygen atoms in total. The average molecular weight is 469 g/mol. The third-order valence-corrected chi connectivity index (χ3v) is 9.49. The summed E-state index contributed by atoms with van der Waals surface area (Å²) in [6.07, 6.45) is 7.14. The first-order valence-electron chi connectivity index (χ1n) is 11.9. The maximum Gasteiger partial charge on any atom is 0.248 e. The van der Waals surface area contributed by atoms with Gasteiger partial charge in [0.15, 0.2) is 5.76 Å². The van der Waals surface area contributed by atoms with Gasteiger partial charge in [-0.15, -0.1) is 0 Å². The molecule has 10 heteroatoms. The number of hydrogen-bond donors (Lipinski definition) is 1. The number of piperidine rings is 1. The van der Waals surface area contributed by atoms with E-state index in [1.165, 1.54) is 23.6 Å². The zero-order valence-corrected chi connectivity index (χ0v) is 20.1. The minimum atomic E-state index is -3.74. The monoisotopic (exact) mass is 468 g/mol. The number of nitrogens with zero attached hydrogens (tertiary/aromatic N) is 3. The van der Waals surface area contributed by atoms with Gasteiger partial charge in [0.2, 0.25) is 15.9 Å². The summed E-state index contributed by atoms with van der Waals surface area (Å²) in [6, 6.07) is 0. The Kier molecular flexibility index (Phi) is 7.24. The van der Waals surface area contributed by atoms with Gasteiger partial charge < -0.3 is 14.6 Å². The molecule has 1 aromatic heterocycles. The number of hydrogen-bond acceptors (Lipinski definition) is 7. The topological polar surface area (TPSA) is 105 Å². The lowest BCUT2D eigenvalue weighted by molar-refractivity contribution is -0.127. The van der Waals surface area contributed by atoms with Crippen LogP contribution in [0.4, 0.5) is 0 Å². The summed E-state index contributed by atoms with van der Waals surface area (Å²) < 4.78 is 38.4. The number of aryl methyl sites for hydroxylation is 2. The molecule has 2 saturated heterocycles. The first-order valence-corrected chi connectivity index (χ1v) is 13.3. The Balaban J connectivity index is 1.42. The smallest absolute Gasteiger partial charge is 0.248 e. The van der Waals surface area contributed by atoms with E-state index in [-0.39, 0.29) is 28.8 Å². The van der Waals surface area contributed by atoms with Gasteiger partial charge in [-0.2, -0.15) is 4.31 Å². The summed E-state index contributed by atoms with van der Waals surface area (Å²) in [6.45, 7) is 7.77. The largest absolute Gasteiger partial charge is 0.379 e. The third-order valence-electron chi connectivity index (χ3n) is 7.38. The molecule has 0 bridgehead atoms. The van der Waals surface area contributed by atoms with Gasteiger partial charge in [0, 0.05) is 38.3 Å². The summed E-state index contributed by atoms with van der Waals surface area (Å²) in [5.74, 6) is -0.0926. The lowest BCUT2D eigenvalue weighted by Crippen LogP contribution is -2.60. The van der Waals surface area contributed by atoms with Crippen molar-refractivity contribution in [2.24, 2.45) is 5.92 Å². The van der Waals surface area contributed by atoms with Crippen LogP contribution in [0, 0.1) is 19.8 Å². The maximum atomic E-state index is 13.2. The van der Waals surface area contributed by atoms with Crippen molar-refractivity contribution in [1.82, 2.24) is 19.7 Å². The summed E-state index contributed by atoms with van der Waals surface area (Å²) in [7, 11) is -3.74. The molecule has 0 aromatic carbocycles. The van der Waals surface area contributed by atoms with Gasteiger partial charge in [-0.3, -0.25) is 9.69 Å². The molecule has 4 rings (SSSR count). The van der Waals surface area contributed by atoms with E-state index in [1.54, 1.807) is 13.8 Å². The SMILES string of the molecule is Cc1noc(C)c1S(=O)(=O)N1CCCC(C(=O)NCC2(N3CCOCC3)CCCCC2)C1. The van der Waals surface area contributed by atoms with Crippen LogP contribution in [-0.2, 0) is 19.6 Å². The Bertz CT molecular complexity index is 884. The predicted molar refractivity (Wildman–Crippen MR) is 119 cm³/mol. The quantitative estimate of drug-likeness (QED) is 0.679. The average Bonchev–Trinajstić information content (AvgIpc) is 3.17. The molecule has 1 saturated carbocycles. The fourth-order valence-corrected chi connectivity index (χ4v) is 7.41. The molecule has 1 N–H and O–H groups in total. The van der Waals surface area contributed by atoms with Crippen LogP contribution in [0.3, 0.4) is 0 Å². The van der Waals surface area contributed by atoms with Gasteiger partial charge in [-0.05, 0) is 39.5 Å². The van der Waals surface area contributed by atoms with E-state index in [1.807, 2.05) is 0 Å². The lowest BCUT2D eigenvalue weighted by Gasteiger charge is -2.48. The molecule has 3 aliphatic rings. The molecule has 1 unspecified atom stereocenters. The lowest BCUT2D eigenvalue weighted by atomic mass is 9.79. The molecule has 2 aliphatic heterocycles. The van der Waals surface area contributed by atoms with Crippen molar-refractivity contribution < 1.29 is 22.5 Å². The summed E-state index contributed by atoms with van der Waals surface area (Å²) in [5, 5.41) is 7.01. The first kappa shape index (κ1) is 23.7. The fourth-order valence-electron chi connectivity index (χ4n) is 5.60. The van der Waals surface area contributed by atoms with Gasteiger partial charge in [0.1, 0.15) is 10.6 Å². The van der Waals surface area contributed by atoms with E-state index in [4.69, 9.17) is 9.26 Å². The van der Waals surface area contributed by atoms with Crippen LogP contribution in [0.15, 0.2) is 9.42 Å². The Morgan fingerprint density at radius 1 is 1.12 bits per heavy atom. The van der Waals surface area contributed by atoms with Gasteiger partial charge in [-0.25, -0.2) is 8.42 Å². The summed E-state index contributed by atoms with van der Waals surface area (Å²) in [4.78, 5) is 15.8. The molecule has 1 atom stereocenters. The van der Waals surface area contributed by atoms with Crippen molar-refractivity contribution >= 4 is 15.9 Å². The molecule has 0 radical (unpaired) electrons. The van der Waals surface area contributed by atoms with Crippen molar-refractivity contribution in [3.8, 4) is 0 Å². The number of carbonyl (C=O) groups excluding carboxylic acids is 1. The van der Waals surface area contributed by atoms with Crippen LogP contribution in [-0.4, -0.2) is 80.2 Å². The summed E-state index contributed by atoms with van der Waals surface area (Å²) >= 11 is 0. The highest BCUT2D eigenvalue weighted by Crippen LogP contribution is 2.34. The highest BCUT2D eigenvalue weighted by Gasteiger charge is 2.40. The van der Waals surface area contributed by atoms with Crippen molar-refractivity contribution in [2.75, 3.05) is 45.9 Å². The molecule has 1 aromatic rings. The normalized spacial score (nSPS) is 25.5. The highest BCUT2D eigenvalue weighted by atomic mass is 32.2. The van der Waals surface area contributed by atoms with Crippen molar-refractivity contribution in [3.05, 3.63) is 11.5 Å². The van der Waals surface area contributed by atoms with E-state index >= 15 is 0 Å². The molecule has 1 aliphatic carbocycles. The van der Waals surface area contributed by atoms with Crippen molar-refractivity contribution in [3.63, 3.8) is 0 Å². The van der Waals surface area contributed by atoms with E-state index < -0.39 is 10.0 Å². The van der Waals surface area contributed by atoms with Crippen LogP contribution >= 0.6 is 0 Å². The van der Waals surface area contributed by atoms with E-state index in [0.29, 0.717) is 37.4 Å². The number of carbonyl (C=O) groups is 1. The molecule has 0 spiro atoms. The number of ether oxygens (including phenoxy) is 1. The second-order valence-electron chi connectivity index (χ2n) is 9.46. The number of morpholine rings is 1. The molecular weight excluding hydrogens is 432 g/mol. The molecule has 3 heterocycles. The molecular formula is C22H36N4O5S. The Morgan fingerprint density at radius 2 is 1.84 bits per heavy atom. The van der Waals surface area contributed by atoms with Crippen LogP contribution in [0.25, 0.3) is 0 Å². The van der Waals surface area contributed by atoms with E-state index in [2.05, 4.69) is 15.4 Å². The van der Waals surface area contributed by atoms with E-state index in [0.717, 1.165) is 39.1 Å². The zero-order valence-electron chi connectivity index (χ0n) is 19.3. The Morgan fingerprint density at radius 3 is 2.50 bits per heavy atom. The van der Waals surface area contributed by atoms with Crippen LogP contribution in [0.1, 0.15) is 56.4 Å². The fraction of sp³-hybridized carbons (Fsp3) is 0.818. The van der Waals surface area contributed by atoms with Gasteiger partial charge in [0.05, 0.1) is 19.1 Å². The molecule has 3 fully saturated rings. The van der Waals surface area contributed by atoms with Crippen molar-refractivity contribution in [1.29, 1.82) is 0 Å². The van der Waals surface area contributed by atoms with Gasteiger partial charge in [-0.1, -0.05) is 24.4 Å². The number of rotatable bonds is 6. The number of nitrogens with one attached hydrogen (secondary N) is 1. The number of amides is 1. The number of aromatic nitrogens is 1. The second-order valence-corrected chi connectivity index (χ2v) is 11.3. The van der Waals surface area contributed by atoms with Crippen LogP contribution < -0.4 is 5.32 Å². The van der Waals surface area contributed by atoms with Crippen molar-refractivity contribution in [2.45, 2.75) is 69.2 Å². The van der Waals surface area contributed by atoms with Crippen LogP contribution in [0.2, 0.25) is 0 Å². The predicted octanol–water partition coefficient (Wildman–Crippen LogP) is 1.84. The Hall–Kier alpha value is -1.49. The minimum absolute atomic E-state index is 0.00515. The third kappa shape index (κ3) is 4.73. The highest BCUT2D eigenvalue weighted by molar-refractivity contribution is 7.89. The second kappa shape index (κ2) is 9.79. The van der Waals surface area contributed by atoms with Crippen LogP contribution in [0.5, 0.6) is 0 Å². The molecule has 180 valence electrons. The van der Waals surface area contributed by atoms with Gasteiger partial charge in [0.25, 0.3) is 0 Å². The molecule has 32 heavy (non-hydrogen) atoms. The van der Waals surface area contributed by atoms with Gasteiger partial charge >= 0.3 is 0 Å². The first-order chi connectivity index (χ1) is 15.3. The minimum Gasteiger partial charge on any atom is -0.379 e. The van der Waals surface area contributed by atoms with E-state index in [9.17, 15) is 13.2 Å². The Labute approximate surface area is 190 Å². The number of sulfonamides is 1. The molecule has 1 amide bonds. The standard InChI is InChI=1S/C22H36N4O5S/c1-17-20(18(2)31-24-17)32(28,29)26-10-6-7-19(15-26)21(27)23-16-22(8-4-3-5-9-22)25-11-13-30-14-12-25/h19H,3-16H2,1-2H3,(H,23,27). The maximum absolute atomic E-state index is 13.2.